The lowest BCUT2D eigenvalue weighted by molar-refractivity contribution is -0.122. The van der Waals surface area contributed by atoms with Gasteiger partial charge in [-0.05, 0) is 53.7 Å². The van der Waals surface area contributed by atoms with Crippen molar-refractivity contribution in [2.75, 3.05) is 13.1 Å². The Hall–Kier alpha value is -2.35. The Morgan fingerprint density at radius 2 is 1.86 bits per heavy atom. The molecular formula is C19H13Cl2FN2O3S. The molecule has 0 aliphatic carbocycles. The van der Waals surface area contributed by atoms with Crippen LogP contribution in [-0.2, 0) is 4.79 Å². The van der Waals surface area contributed by atoms with Crippen molar-refractivity contribution in [3.8, 4) is 0 Å². The third-order valence-electron chi connectivity index (χ3n) is 3.84. The zero-order chi connectivity index (χ0) is 20.3. The predicted molar refractivity (Wildman–Crippen MR) is 108 cm³/mol. The van der Waals surface area contributed by atoms with Gasteiger partial charge in [-0.2, -0.15) is 0 Å². The van der Waals surface area contributed by atoms with Gasteiger partial charge in [0.2, 0.25) is 0 Å². The number of nitrogens with one attached hydrogen (secondary N) is 1. The highest BCUT2D eigenvalue weighted by atomic mass is 35.5. The maximum Gasteiger partial charge on any atom is 0.293 e. The second-order valence-electron chi connectivity index (χ2n) is 5.76. The molecule has 0 bridgehead atoms. The van der Waals surface area contributed by atoms with Crippen LogP contribution in [0.1, 0.15) is 15.9 Å². The number of benzene rings is 2. The Morgan fingerprint density at radius 1 is 1.14 bits per heavy atom. The number of carbonyl (C=O) groups excluding carboxylic acids is 3. The largest absolute Gasteiger partial charge is 0.350 e. The maximum absolute atomic E-state index is 13.0. The zero-order valence-electron chi connectivity index (χ0n) is 14.2. The van der Waals surface area contributed by atoms with Crippen LogP contribution in [0.25, 0.3) is 6.08 Å². The van der Waals surface area contributed by atoms with Crippen molar-refractivity contribution < 1.29 is 18.8 Å². The fraction of sp³-hybridized carbons (Fsp3) is 0.105. The highest BCUT2D eigenvalue weighted by Gasteiger charge is 2.34. The van der Waals surface area contributed by atoms with Gasteiger partial charge in [0.25, 0.3) is 17.1 Å². The molecule has 1 aliphatic heterocycles. The summed E-state index contributed by atoms with van der Waals surface area (Å²) in [6.07, 6.45) is 1.52. The van der Waals surface area contributed by atoms with Gasteiger partial charge in [-0.15, -0.1) is 0 Å². The molecule has 1 fully saturated rings. The molecule has 0 unspecified atom stereocenters. The van der Waals surface area contributed by atoms with Gasteiger partial charge in [0.05, 0.1) is 15.5 Å². The maximum atomic E-state index is 13.0. The smallest absolute Gasteiger partial charge is 0.293 e. The first kappa shape index (κ1) is 20.4. The van der Waals surface area contributed by atoms with Gasteiger partial charge in [-0.3, -0.25) is 19.3 Å². The predicted octanol–water partition coefficient (Wildman–Crippen LogP) is 4.60. The third-order valence-corrected chi connectivity index (χ3v) is 5.31. The van der Waals surface area contributed by atoms with E-state index in [9.17, 15) is 18.8 Å². The van der Waals surface area contributed by atoms with Crippen molar-refractivity contribution in [1.82, 2.24) is 10.2 Å². The summed E-state index contributed by atoms with van der Waals surface area (Å²) in [5.74, 6) is -1.31. The molecule has 2 aromatic carbocycles. The number of rotatable bonds is 5. The quantitative estimate of drug-likeness (QED) is 0.692. The van der Waals surface area contributed by atoms with E-state index in [2.05, 4.69) is 5.32 Å². The normalized spacial score (nSPS) is 15.4. The van der Waals surface area contributed by atoms with E-state index in [1.807, 2.05) is 0 Å². The molecule has 3 amide bonds. The average Bonchev–Trinajstić information content (AvgIpc) is 2.92. The SMILES string of the molecule is O=C(NCCN1C(=O)S/C(=C/c2ccc(F)cc2)C1=O)c1cc(Cl)ccc1Cl. The molecule has 1 saturated heterocycles. The lowest BCUT2D eigenvalue weighted by atomic mass is 10.2. The van der Waals surface area contributed by atoms with Crippen LogP contribution in [0.5, 0.6) is 0 Å². The summed E-state index contributed by atoms with van der Waals surface area (Å²) in [6.45, 7) is 0.0683. The Bertz CT molecular complexity index is 980. The van der Waals surface area contributed by atoms with Crippen molar-refractivity contribution >= 4 is 58.1 Å². The summed E-state index contributed by atoms with van der Waals surface area (Å²) in [5.41, 5.74) is 0.815. The van der Waals surface area contributed by atoms with Gasteiger partial charge in [0.1, 0.15) is 5.82 Å². The zero-order valence-corrected chi connectivity index (χ0v) is 16.6. The van der Waals surface area contributed by atoms with Gasteiger partial charge >= 0.3 is 0 Å². The summed E-state index contributed by atoms with van der Waals surface area (Å²) in [6, 6.07) is 10.1. The van der Waals surface area contributed by atoms with E-state index in [4.69, 9.17) is 23.2 Å². The number of hydrogen-bond donors (Lipinski definition) is 1. The van der Waals surface area contributed by atoms with E-state index in [-0.39, 0.29) is 34.4 Å². The van der Waals surface area contributed by atoms with Crippen LogP contribution >= 0.6 is 35.0 Å². The first-order valence-corrected chi connectivity index (χ1v) is 9.66. The minimum atomic E-state index is -0.464. The average molecular weight is 439 g/mol. The van der Waals surface area contributed by atoms with Crippen LogP contribution in [0, 0.1) is 5.82 Å². The standard InChI is InChI=1S/C19H13Cl2FN2O3S/c20-12-3-6-15(21)14(10-12)17(25)23-7-8-24-18(26)16(28-19(24)27)9-11-1-4-13(22)5-2-11/h1-6,9-10H,7-8H2,(H,23,25)/b16-9+. The first-order valence-electron chi connectivity index (χ1n) is 8.09. The summed E-state index contributed by atoms with van der Waals surface area (Å²) in [5, 5.41) is 2.78. The Kier molecular flexibility index (Phi) is 6.39. The molecule has 5 nitrogen and oxygen atoms in total. The molecule has 28 heavy (non-hydrogen) atoms. The summed E-state index contributed by atoms with van der Waals surface area (Å²) in [4.78, 5) is 38.0. The van der Waals surface area contributed by atoms with E-state index < -0.39 is 17.1 Å². The second-order valence-corrected chi connectivity index (χ2v) is 7.60. The van der Waals surface area contributed by atoms with Crippen LogP contribution in [-0.4, -0.2) is 35.0 Å². The van der Waals surface area contributed by atoms with E-state index in [0.29, 0.717) is 10.6 Å². The van der Waals surface area contributed by atoms with Gasteiger partial charge < -0.3 is 5.32 Å². The molecule has 0 saturated carbocycles. The molecule has 0 atom stereocenters. The topological polar surface area (TPSA) is 66.5 Å². The number of carbonyl (C=O) groups is 3. The van der Waals surface area contributed by atoms with Crippen LogP contribution in [0.3, 0.4) is 0 Å². The second kappa shape index (κ2) is 8.77. The Morgan fingerprint density at radius 3 is 2.57 bits per heavy atom. The molecule has 9 heteroatoms. The fourth-order valence-corrected chi connectivity index (χ4v) is 3.69. The Balaban J connectivity index is 1.61. The lowest BCUT2D eigenvalue weighted by Gasteiger charge is -2.13. The van der Waals surface area contributed by atoms with Gasteiger partial charge in [0.15, 0.2) is 0 Å². The molecule has 1 heterocycles. The molecule has 1 N–H and O–H groups in total. The lowest BCUT2D eigenvalue weighted by Crippen LogP contribution is -2.37. The molecule has 1 aliphatic rings. The molecule has 144 valence electrons. The van der Waals surface area contributed by atoms with Gasteiger partial charge in [-0.1, -0.05) is 35.3 Å². The number of nitrogens with zero attached hydrogens (tertiary/aromatic N) is 1. The number of hydrogen-bond acceptors (Lipinski definition) is 4. The van der Waals surface area contributed by atoms with E-state index >= 15 is 0 Å². The summed E-state index contributed by atoms with van der Waals surface area (Å²) in [7, 11) is 0. The van der Waals surface area contributed by atoms with Crippen molar-refractivity contribution in [3.05, 3.63) is 74.4 Å². The van der Waals surface area contributed by atoms with E-state index in [0.717, 1.165) is 16.7 Å². The molecule has 3 rings (SSSR count). The minimum absolute atomic E-state index is 0.00928. The fourth-order valence-electron chi connectivity index (χ4n) is 2.45. The Labute approximate surface area is 174 Å². The summed E-state index contributed by atoms with van der Waals surface area (Å²) < 4.78 is 13.0. The molecule has 0 aromatic heterocycles. The highest BCUT2D eigenvalue weighted by Crippen LogP contribution is 2.32. The van der Waals surface area contributed by atoms with Crippen LogP contribution in [0.15, 0.2) is 47.4 Å². The third kappa shape index (κ3) is 4.73. The van der Waals surface area contributed by atoms with Crippen molar-refractivity contribution in [2.45, 2.75) is 0 Å². The van der Waals surface area contributed by atoms with Crippen molar-refractivity contribution in [2.24, 2.45) is 0 Å². The molecule has 2 aromatic rings. The monoisotopic (exact) mass is 438 g/mol. The van der Waals surface area contributed by atoms with E-state index in [1.165, 1.54) is 42.5 Å². The van der Waals surface area contributed by atoms with Crippen LogP contribution in [0.2, 0.25) is 10.0 Å². The molecule has 0 radical (unpaired) electrons. The molecule has 0 spiro atoms. The van der Waals surface area contributed by atoms with Crippen molar-refractivity contribution in [3.63, 3.8) is 0 Å². The number of amides is 3. The van der Waals surface area contributed by atoms with Gasteiger partial charge in [0, 0.05) is 18.1 Å². The van der Waals surface area contributed by atoms with Crippen molar-refractivity contribution in [1.29, 1.82) is 0 Å². The van der Waals surface area contributed by atoms with Crippen LogP contribution < -0.4 is 5.32 Å². The van der Waals surface area contributed by atoms with Gasteiger partial charge in [-0.25, -0.2) is 4.39 Å². The van der Waals surface area contributed by atoms with Crippen LogP contribution in [0.4, 0.5) is 9.18 Å². The number of imide groups is 1. The number of thioether (sulfide) groups is 1. The summed E-state index contributed by atoms with van der Waals surface area (Å²) >= 11 is 12.6. The first-order chi connectivity index (χ1) is 13.3. The number of halogens is 3. The van der Waals surface area contributed by atoms with E-state index in [1.54, 1.807) is 6.07 Å². The minimum Gasteiger partial charge on any atom is -0.350 e. The highest BCUT2D eigenvalue weighted by molar-refractivity contribution is 8.18. The molecular weight excluding hydrogens is 426 g/mol.